The van der Waals surface area contributed by atoms with Crippen LogP contribution in [0.1, 0.15) is 91.2 Å². The first-order chi connectivity index (χ1) is 32.5. The number of amides is 7. The predicted molar refractivity (Wildman–Crippen MR) is 248 cm³/mol. The average Bonchev–Trinajstić information content (AvgIpc) is 3.28. The molecular weight excluding hydrogens is 899 g/mol. The number of fused-ring (bicyclic) bond motifs is 2. The van der Waals surface area contributed by atoms with Crippen molar-refractivity contribution in [1.82, 2.24) is 36.4 Å². The summed E-state index contributed by atoms with van der Waals surface area (Å²) < 4.78 is 11.1. The third-order valence-electron chi connectivity index (χ3n) is 12.0. The van der Waals surface area contributed by atoms with Gasteiger partial charge >= 0.3 is 11.9 Å². The number of rotatable bonds is 15. The van der Waals surface area contributed by atoms with E-state index in [1.54, 1.807) is 45.0 Å². The van der Waals surface area contributed by atoms with E-state index in [0.717, 1.165) is 9.80 Å². The van der Waals surface area contributed by atoms with Crippen molar-refractivity contribution >= 4 is 53.3 Å². The van der Waals surface area contributed by atoms with Gasteiger partial charge in [-0.15, -0.1) is 0 Å². The topological polar surface area (TPSA) is 299 Å². The van der Waals surface area contributed by atoms with Crippen LogP contribution < -0.4 is 31.3 Å². The second-order valence-electron chi connectivity index (χ2n) is 18.3. The second kappa shape index (κ2) is 25.0. The maximum atomic E-state index is 14.9. The zero-order chi connectivity index (χ0) is 51.3. The van der Waals surface area contributed by atoms with E-state index in [-0.39, 0.29) is 50.2 Å². The number of aliphatic hydroxyl groups excluding tert-OH is 1. The van der Waals surface area contributed by atoms with Gasteiger partial charge in [-0.05, 0) is 79.8 Å². The molecule has 0 spiro atoms. The Hall–Kier alpha value is -6.77. The van der Waals surface area contributed by atoms with E-state index in [1.807, 2.05) is 13.8 Å². The first-order valence-corrected chi connectivity index (χ1v) is 23.2. The van der Waals surface area contributed by atoms with E-state index < -0.39 is 120 Å². The molecule has 4 rings (SSSR count). The molecule has 8 N–H and O–H groups in total. The number of phenols is 1. The molecule has 9 atom stereocenters. The molecule has 2 bridgehead atoms. The average molecular weight is 966 g/mol. The lowest BCUT2D eigenvalue weighted by Crippen LogP contribution is -2.65. The van der Waals surface area contributed by atoms with Crippen molar-refractivity contribution in [2.45, 2.75) is 148 Å². The van der Waals surface area contributed by atoms with Crippen molar-refractivity contribution in [2.24, 2.45) is 11.8 Å². The minimum absolute atomic E-state index is 0.0323. The maximum absolute atomic E-state index is 14.9. The Bertz CT molecular complexity index is 2170. The number of carboxylic acid groups (broad SMARTS) is 1. The van der Waals surface area contributed by atoms with Gasteiger partial charge in [-0.3, -0.25) is 38.4 Å². The van der Waals surface area contributed by atoms with Gasteiger partial charge in [0.15, 0.2) is 0 Å². The number of carbonyl (C=O) groups excluding carboxylic acids is 8. The van der Waals surface area contributed by atoms with Crippen LogP contribution in [0, 0.1) is 11.8 Å². The molecule has 69 heavy (non-hydrogen) atoms. The zero-order valence-corrected chi connectivity index (χ0v) is 40.4. The lowest BCUT2D eigenvalue weighted by Gasteiger charge is -2.43. The molecule has 2 aliphatic heterocycles. The van der Waals surface area contributed by atoms with Gasteiger partial charge < -0.3 is 61.2 Å². The van der Waals surface area contributed by atoms with Crippen molar-refractivity contribution in [1.29, 1.82) is 0 Å². The number of piperidine rings is 1. The molecule has 2 aromatic carbocycles. The van der Waals surface area contributed by atoms with Crippen molar-refractivity contribution in [3.63, 3.8) is 0 Å². The molecule has 7 amide bonds. The first kappa shape index (κ1) is 54.8. The largest absolute Gasteiger partial charge is 0.508 e. The lowest BCUT2D eigenvalue weighted by molar-refractivity contribution is -0.166. The smallest absolute Gasteiger partial charge is 0.329 e. The number of phenolic OH excluding ortho intramolecular Hbond substituents is 1. The van der Waals surface area contributed by atoms with Crippen LogP contribution >= 0.6 is 0 Å². The van der Waals surface area contributed by atoms with Gasteiger partial charge in [0, 0.05) is 26.3 Å². The molecule has 9 unspecified atom stereocenters. The molecule has 378 valence electrons. The number of hydrogen-bond donors (Lipinski definition) is 8. The number of ether oxygens (including phenoxy) is 2. The van der Waals surface area contributed by atoms with Gasteiger partial charge in [0.2, 0.25) is 41.4 Å². The Kier molecular flexibility index (Phi) is 19.9. The fourth-order valence-corrected chi connectivity index (χ4v) is 8.17. The number of carbonyl (C=O) groups is 9. The Morgan fingerprint density at radius 1 is 0.841 bits per heavy atom. The molecule has 0 radical (unpaired) electrons. The normalized spacial score (nSPS) is 24.7. The molecular formula is C48H67N7O14. The number of hydrogen-bond acceptors (Lipinski definition) is 13. The van der Waals surface area contributed by atoms with E-state index in [4.69, 9.17) is 9.47 Å². The van der Waals surface area contributed by atoms with Crippen LogP contribution in [0.5, 0.6) is 11.5 Å². The minimum atomic E-state index is -1.88. The number of nitrogens with one attached hydrogen (secondary N) is 5. The van der Waals surface area contributed by atoms with Crippen LogP contribution in [0.4, 0.5) is 0 Å². The van der Waals surface area contributed by atoms with Crippen molar-refractivity contribution in [2.75, 3.05) is 14.2 Å². The van der Waals surface area contributed by atoms with Crippen LogP contribution in [-0.4, -0.2) is 147 Å². The number of carboxylic acids is 1. The highest BCUT2D eigenvalue weighted by Gasteiger charge is 2.46. The SMILES string of the molecule is CCCC(=O)NC(CC(=O)O)C(=O)NC1C(=O)NC(Cc2ccc(O)cc2)C(=O)NC2CCC(O)N(C2=O)C(CC(C)C)C(=O)N(C)C(Cc2ccc(OC)cc2)C(=O)NC(C(C)C)C(=O)OC1C. The standard InChI is InChI=1S/C48H67N7O14/c1-9-10-37(57)49-34(24-39(59)60)43(62)53-41-27(6)69-48(67)40(26(4)5)52-44(63)35(23-29-13-17-31(68-8)18-14-29)54(7)47(66)36(21-25(2)3)55-38(58)20-19-32(46(55)65)50-42(61)33(51-45(41)64)22-28-11-15-30(56)16-12-28/h11-18,25-27,32-36,38,40-41,56,58H,9-10,19-24H2,1-8H3,(H,49,57)(H,50,61)(H,51,64)(H,52,63)(H,53,62)(H,59,60). The van der Waals surface area contributed by atoms with Gasteiger partial charge in [0.1, 0.15) is 66.1 Å². The van der Waals surface area contributed by atoms with E-state index in [0.29, 0.717) is 23.3 Å². The summed E-state index contributed by atoms with van der Waals surface area (Å²) in [5.74, 6) is -9.19. The summed E-state index contributed by atoms with van der Waals surface area (Å²) in [6.07, 6.45) is -4.17. The number of benzene rings is 2. The lowest BCUT2D eigenvalue weighted by atomic mass is 9.94. The summed E-state index contributed by atoms with van der Waals surface area (Å²) in [6, 6.07) is 1.77. The van der Waals surface area contributed by atoms with E-state index in [2.05, 4.69) is 26.6 Å². The van der Waals surface area contributed by atoms with Crippen LogP contribution in [0.25, 0.3) is 0 Å². The molecule has 2 fully saturated rings. The second-order valence-corrected chi connectivity index (χ2v) is 18.3. The highest BCUT2D eigenvalue weighted by atomic mass is 16.5. The summed E-state index contributed by atoms with van der Waals surface area (Å²) in [4.78, 5) is 128. The predicted octanol–water partition coefficient (Wildman–Crippen LogP) is 0.669. The summed E-state index contributed by atoms with van der Waals surface area (Å²) in [6.45, 7) is 9.77. The molecule has 2 aliphatic rings. The van der Waals surface area contributed by atoms with Crippen molar-refractivity contribution in [3.05, 3.63) is 59.7 Å². The monoisotopic (exact) mass is 965 g/mol. The van der Waals surface area contributed by atoms with Gasteiger partial charge in [0.05, 0.1) is 13.5 Å². The third kappa shape index (κ3) is 15.1. The molecule has 21 nitrogen and oxygen atoms in total. The summed E-state index contributed by atoms with van der Waals surface area (Å²) >= 11 is 0. The summed E-state index contributed by atoms with van der Waals surface area (Å²) in [5, 5.41) is 43.8. The summed E-state index contributed by atoms with van der Waals surface area (Å²) in [7, 11) is 2.86. The number of aromatic hydroxyl groups is 1. The maximum Gasteiger partial charge on any atom is 0.329 e. The Morgan fingerprint density at radius 2 is 1.46 bits per heavy atom. The number of aliphatic hydroxyl groups is 1. The zero-order valence-electron chi connectivity index (χ0n) is 40.4. The van der Waals surface area contributed by atoms with Crippen LogP contribution in [0.2, 0.25) is 0 Å². The molecule has 2 aromatic rings. The van der Waals surface area contributed by atoms with Gasteiger partial charge in [-0.1, -0.05) is 58.9 Å². The van der Waals surface area contributed by atoms with Crippen molar-refractivity contribution in [3.8, 4) is 11.5 Å². The molecule has 2 heterocycles. The van der Waals surface area contributed by atoms with E-state index in [1.165, 1.54) is 45.3 Å². The summed E-state index contributed by atoms with van der Waals surface area (Å²) in [5.41, 5.74) is 1.01. The van der Waals surface area contributed by atoms with Crippen LogP contribution in [0.15, 0.2) is 48.5 Å². The Labute approximate surface area is 401 Å². The molecule has 0 aromatic heterocycles. The highest BCUT2D eigenvalue weighted by molar-refractivity contribution is 5.99. The Balaban J connectivity index is 1.89. The van der Waals surface area contributed by atoms with E-state index >= 15 is 0 Å². The Morgan fingerprint density at radius 3 is 2.04 bits per heavy atom. The number of aliphatic carboxylic acids is 1. The van der Waals surface area contributed by atoms with Gasteiger partial charge in [0.25, 0.3) is 0 Å². The van der Waals surface area contributed by atoms with Crippen LogP contribution in [-0.2, 0) is 60.7 Å². The minimum Gasteiger partial charge on any atom is -0.508 e. The number of nitrogens with zero attached hydrogens (tertiary/aromatic N) is 2. The van der Waals surface area contributed by atoms with Crippen LogP contribution in [0.3, 0.4) is 0 Å². The highest BCUT2D eigenvalue weighted by Crippen LogP contribution is 2.27. The molecule has 0 saturated carbocycles. The molecule has 2 saturated heterocycles. The number of esters is 1. The quantitative estimate of drug-likeness (QED) is 0.114. The molecule has 0 aliphatic carbocycles. The molecule has 21 heteroatoms. The van der Waals surface area contributed by atoms with Crippen molar-refractivity contribution < 1.29 is 67.9 Å². The third-order valence-corrected chi connectivity index (χ3v) is 12.0. The fourth-order valence-electron chi connectivity index (χ4n) is 8.17. The van der Waals surface area contributed by atoms with Gasteiger partial charge in [-0.25, -0.2) is 4.79 Å². The number of cyclic esters (lactones) is 1. The van der Waals surface area contributed by atoms with E-state index in [9.17, 15) is 58.5 Å². The fraction of sp³-hybridized carbons (Fsp3) is 0.562. The van der Waals surface area contributed by atoms with Gasteiger partial charge in [-0.2, -0.15) is 0 Å². The number of likely N-dealkylation sites (N-methyl/N-ethyl adjacent to an activating group) is 1. The number of methoxy groups -OCH3 is 1. The first-order valence-electron chi connectivity index (χ1n) is 23.2.